The van der Waals surface area contributed by atoms with Crippen molar-refractivity contribution in [3.05, 3.63) is 82.4 Å². The van der Waals surface area contributed by atoms with Crippen LogP contribution < -0.4 is 4.74 Å². The quantitative estimate of drug-likeness (QED) is 0.390. The summed E-state index contributed by atoms with van der Waals surface area (Å²) in [5, 5.41) is 14.4. The molecule has 1 fully saturated rings. The molecule has 5 rings (SSSR count). The van der Waals surface area contributed by atoms with Crippen LogP contribution in [0.3, 0.4) is 0 Å². The number of methoxy groups -OCH3 is 1. The smallest absolute Gasteiger partial charge is 0.416 e. The normalized spacial score (nSPS) is 20.4. The lowest BCUT2D eigenvalue weighted by Gasteiger charge is -2.39. The van der Waals surface area contributed by atoms with Gasteiger partial charge in [0.1, 0.15) is 12.4 Å². The second kappa shape index (κ2) is 9.88. The standard InChI is InChI=1S/C27H24F6N4O3/c1-16-13-36(15-34-16)22-6-5-17(9-23(22)39-2)8-18-4-3-7-37-24(18)35-40-25(37,14-38)19-10-20(26(28,29)30)12-21(11-19)27(31,32)33/h5-6,8-13,15,38H,3-4,7,14H2,1-2H3. The Morgan fingerprint density at radius 3 is 2.35 bits per heavy atom. The molecule has 0 radical (unpaired) electrons. The number of hydrogen-bond donors (Lipinski definition) is 1. The van der Waals surface area contributed by atoms with Crippen molar-refractivity contribution in [1.82, 2.24) is 14.5 Å². The van der Waals surface area contributed by atoms with E-state index in [2.05, 4.69) is 10.1 Å². The molecule has 1 unspecified atom stereocenters. The number of amidine groups is 1. The molecule has 0 aliphatic carbocycles. The largest absolute Gasteiger partial charge is 0.495 e. The van der Waals surface area contributed by atoms with Gasteiger partial charge in [0.2, 0.25) is 0 Å². The summed E-state index contributed by atoms with van der Waals surface area (Å²) >= 11 is 0. The molecule has 0 bridgehead atoms. The molecule has 3 aromatic rings. The van der Waals surface area contributed by atoms with E-state index >= 15 is 0 Å². The van der Waals surface area contributed by atoms with E-state index in [0.29, 0.717) is 36.3 Å². The summed E-state index contributed by atoms with van der Waals surface area (Å²) in [5.41, 5.74) is -2.64. The van der Waals surface area contributed by atoms with E-state index in [4.69, 9.17) is 9.57 Å². The van der Waals surface area contributed by atoms with Crippen molar-refractivity contribution >= 4 is 11.9 Å². The third kappa shape index (κ3) is 4.89. The Balaban J connectivity index is 1.52. The number of aliphatic hydroxyl groups excluding tert-OH is 1. The number of rotatable bonds is 5. The Labute approximate surface area is 224 Å². The van der Waals surface area contributed by atoms with Crippen molar-refractivity contribution in [3.63, 3.8) is 0 Å². The van der Waals surface area contributed by atoms with Crippen LogP contribution in [0.4, 0.5) is 26.3 Å². The highest BCUT2D eigenvalue weighted by molar-refractivity contribution is 6.03. The second-order valence-electron chi connectivity index (χ2n) is 9.52. The first-order chi connectivity index (χ1) is 18.9. The van der Waals surface area contributed by atoms with Crippen LogP contribution in [-0.2, 0) is 22.9 Å². The highest BCUT2D eigenvalue weighted by Gasteiger charge is 2.51. The molecule has 1 N–H and O–H groups in total. The monoisotopic (exact) mass is 566 g/mol. The molecular formula is C27H24F6N4O3. The average molecular weight is 567 g/mol. The lowest BCUT2D eigenvalue weighted by molar-refractivity contribution is -0.148. The van der Waals surface area contributed by atoms with Crippen molar-refractivity contribution in [2.75, 3.05) is 20.3 Å². The van der Waals surface area contributed by atoms with Crippen LogP contribution in [0.5, 0.6) is 5.75 Å². The molecule has 7 nitrogen and oxygen atoms in total. The fourth-order valence-corrected chi connectivity index (χ4v) is 4.93. The number of nitrogens with zero attached hydrogens (tertiary/aromatic N) is 4. The van der Waals surface area contributed by atoms with Crippen LogP contribution in [0.25, 0.3) is 11.8 Å². The first kappa shape index (κ1) is 27.6. The fraction of sp³-hybridized carbons (Fsp3) is 0.333. The Kier molecular flexibility index (Phi) is 6.81. The summed E-state index contributed by atoms with van der Waals surface area (Å²) < 4.78 is 88.7. The second-order valence-corrected chi connectivity index (χ2v) is 9.52. The predicted octanol–water partition coefficient (Wildman–Crippen LogP) is 5.90. The van der Waals surface area contributed by atoms with Gasteiger partial charge in [-0.25, -0.2) is 4.98 Å². The average Bonchev–Trinajstić information content (AvgIpc) is 3.52. The molecule has 13 heteroatoms. The van der Waals surface area contributed by atoms with Gasteiger partial charge in [-0.3, -0.25) is 0 Å². The van der Waals surface area contributed by atoms with Gasteiger partial charge in [-0.2, -0.15) is 26.3 Å². The third-order valence-electron chi connectivity index (χ3n) is 6.88. The summed E-state index contributed by atoms with van der Waals surface area (Å²) in [5.74, 6) is 0.775. The topological polar surface area (TPSA) is 72.1 Å². The van der Waals surface area contributed by atoms with Gasteiger partial charge in [-0.15, -0.1) is 0 Å². The highest BCUT2D eigenvalue weighted by atomic mass is 19.4. The van der Waals surface area contributed by atoms with Gasteiger partial charge < -0.3 is 24.1 Å². The van der Waals surface area contributed by atoms with Crippen LogP contribution in [-0.4, -0.2) is 45.7 Å². The van der Waals surface area contributed by atoms with Crippen molar-refractivity contribution < 1.29 is 41.0 Å². The number of oxime groups is 1. The van der Waals surface area contributed by atoms with Gasteiger partial charge >= 0.3 is 12.4 Å². The number of piperidine rings is 1. The summed E-state index contributed by atoms with van der Waals surface area (Å²) in [4.78, 5) is 11.1. The van der Waals surface area contributed by atoms with Crippen LogP contribution in [0, 0.1) is 6.92 Å². The van der Waals surface area contributed by atoms with Crippen LogP contribution >= 0.6 is 0 Å². The molecule has 1 saturated heterocycles. The fourth-order valence-electron chi connectivity index (χ4n) is 4.93. The van der Waals surface area contributed by atoms with Gasteiger partial charge in [-0.05, 0) is 67.3 Å². The minimum Gasteiger partial charge on any atom is -0.495 e. The lowest BCUT2D eigenvalue weighted by Crippen LogP contribution is -2.51. The number of fused-ring (bicyclic) bond motifs is 1. The molecule has 1 aromatic heterocycles. The minimum atomic E-state index is -5.05. The third-order valence-corrected chi connectivity index (χ3v) is 6.88. The molecule has 212 valence electrons. The van der Waals surface area contributed by atoms with Crippen LogP contribution in [0.2, 0.25) is 0 Å². The van der Waals surface area contributed by atoms with E-state index in [1.54, 1.807) is 18.5 Å². The van der Waals surface area contributed by atoms with Crippen LogP contribution in [0.15, 0.2) is 59.7 Å². The first-order valence-corrected chi connectivity index (χ1v) is 12.2. The number of imidazole rings is 1. The zero-order valence-corrected chi connectivity index (χ0v) is 21.3. The lowest BCUT2D eigenvalue weighted by atomic mass is 9.92. The number of aryl methyl sites for hydroxylation is 1. The zero-order chi connectivity index (χ0) is 28.9. The molecular weight excluding hydrogens is 542 g/mol. The minimum absolute atomic E-state index is 0.0367. The molecule has 0 saturated carbocycles. The van der Waals surface area contributed by atoms with Gasteiger partial charge in [0.05, 0.1) is 35.9 Å². The van der Waals surface area contributed by atoms with Gasteiger partial charge in [0.25, 0.3) is 5.72 Å². The van der Waals surface area contributed by atoms with E-state index in [9.17, 15) is 31.4 Å². The molecule has 2 aliphatic heterocycles. The highest BCUT2D eigenvalue weighted by Crippen LogP contribution is 2.44. The SMILES string of the molecule is COc1cc(C=C2CCCN3C2=NOC3(CO)c2cc(C(F)(F)F)cc(C(F)(F)F)c2)ccc1-n1cnc(C)c1. The van der Waals surface area contributed by atoms with Crippen molar-refractivity contribution in [1.29, 1.82) is 0 Å². The van der Waals surface area contributed by atoms with Gasteiger partial charge in [0, 0.05) is 18.3 Å². The number of halogens is 6. The molecule has 0 amide bonds. The van der Waals surface area contributed by atoms with E-state index in [1.165, 1.54) is 12.0 Å². The Morgan fingerprint density at radius 2 is 1.77 bits per heavy atom. The molecule has 1 atom stereocenters. The van der Waals surface area contributed by atoms with Crippen LogP contribution in [0.1, 0.15) is 40.8 Å². The Morgan fingerprint density at radius 1 is 1.07 bits per heavy atom. The summed E-state index contributed by atoms with van der Waals surface area (Å²) in [6.45, 7) is 1.12. The number of aromatic nitrogens is 2. The number of benzene rings is 2. The maximum atomic E-state index is 13.6. The zero-order valence-electron chi connectivity index (χ0n) is 21.3. The van der Waals surface area contributed by atoms with E-state index < -0.39 is 41.4 Å². The molecule has 2 aromatic carbocycles. The number of alkyl halides is 6. The molecule has 40 heavy (non-hydrogen) atoms. The first-order valence-electron chi connectivity index (χ1n) is 12.2. The number of aliphatic hydroxyl groups is 1. The van der Waals surface area contributed by atoms with E-state index in [0.717, 1.165) is 16.9 Å². The van der Waals surface area contributed by atoms with E-state index in [-0.39, 0.29) is 18.4 Å². The van der Waals surface area contributed by atoms with Gasteiger partial charge in [0.15, 0.2) is 5.84 Å². The molecule has 3 heterocycles. The maximum Gasteiger partial charge on any atom is 0.416 e. The summed E-state index contributed by atoms with van der Waals surface area (Å²) in [6.07, 6.45) is -3.81. The Bertz CT molecular complexity index is 1460. The van der Waals surface area contributed by atoms with Crippen molar-refractivity contribution in [2.24, 2.45) is 5.16 Å². The number of ether oxygens (including phenoxy) is 1. The number of hydrogen-bond acceptors (Lipinski definition) is 6. The van der Waals surface area contributed by atoms with Crippen molar-refractivity contribution in [3.8, 4) is 11.4 Å². The molecule has 2 aliphatic rings. The summed E-state index contributed by atoms with van der Waals surface area (Å²) in [7, 11) is 1.52. The summed E-state index contributed by atoms with van der Waals surface area (Å²) in [6, 6.07) is 6.60. The molecule has 0 spiro atoms. The van der Waals surface area contributed by atoms with Crippen molar-refractivity contribution in [2.45, 2.75) is 37.8 Å². The predicted molar refractivity (Wildman–Crippen MR) is 132 cm³/mol. The van der Waals surface area contributed by atoms with E-state index in [1.807, 2.05) is 29.8 Å². The van der Waals surface area contributed by atoms with Gasteiger partial charge in [-0.1, -0.05) is 11.2 Å². The Hall–Kier alpha value is -4.00. The maximum absolute atomic E-state index is 13.6.